The van der Waals surface area contributed by atoms with Gasteiger partial charge in [0.25, 0.3) is 0 Å². The van der Waals surface area contributed by atoms with Gasteiger partial charge in [-0.05, 0) is 42.7 Å². The zero-order valence-corrected chi connectivity index (χ0v) is 15.6. The van der Waals surface area contributed by atoms with Gasteiger partial charge in [0.2, 0.25) is 11.8 Å². The highest BCUT2D eigenvalue weighted by Crippen LogP contribution is 2.28. The van der Waals surface area contributed by atoms with Crippen molar-refractivity contribution >= 4 is 23.2 Å². The lowest BCUT2D eigenvalue weighted by atomic mass is 10.1. The normalized spacial score (nSPS) is 13.8. The van der Waals surface area contributed by atoms with Crippen molar-refractivity contribution in [3.8, 4) is 0 Å². The molecule has 1 aliphatic heterocycles. The zero-order chi connectivity index (χ0) is 19.5. The number of para-hydroxylation sites is 1. The van der Waals surface area contributed by atoms with E-state index in [9.17, 15) is 9.59 Å². The van der Waals surface area contributed by atoms with Crippen molar-refractivity contribution in [2.24, 2.45) is 0 Å². The van der Waals surface area contributed by atoms with Gasteiger partial charge in [0.1, 0.15) is 18.7 Å². The van der Waals surface area contributed by atoms with Crippen LogP contribution in [0.3, 0.4) is 0 Å². The molecule has 1 aromatic heterocycles. The number of benzene rings is 2. The molecule has 0 saturated heterocycles. The predicted molar refractivity (Wildman–Crippen MR) is 106 cm³/mol. The maximum Gasteiger partial charge on any atom is 0.249 e. The number of aromatic nitrogens is 3. The molecule has 1 aliphatic rings. The molecule has 142 valence electrons. The molecule has 0 saturated carbocycles. The van der Waals surface area contributed by atoms with Gasteiger partial charge in [-0.1, -0.05) is 30.3 Å². The van der Waals surface area contributed by atoms with Crippen LogP contribution < -0.4 is 10.2 Å². The first-order chi connectivity index (χ1) is 13.6. The van der Waals surface area contributed by atoms with E-state index in [2.05, 4.69) is 21.5 Å². The Morgan fingerprint density at radius 1 is 1.14 bits per heavy atom. The number of nitrogens with one attached hydrogen (secondary N) is 1. The first-order valence-electron chi connectivity index (χ1n) is 9.24. The number of rotatable bonds is 5. The lowest BCUT2D eigenvalue weighted by Gasteiger charge is -2.17. The summed E-state index contributed by atoms with van der Waals surface area (Å²) in [6.45, 7) is 2.48. The van der Waals surface area contributed by atoms with Gasteiger partial charge in [0, 0.05) is 17.9 Å². The van der Waals surface area contributed by atoms with Gasteiger partial charge >= 0.3 is 0 Å². The van der Waals surface area contributed by atoms with E-state index in [1.54, 1.807) is 6.92 Å². The molecule has 1 unspecified atom stereocenters. The summed E-state index contributed by atoms with van der Waals surface area (Å²) >= 11 is 0. The Morgan fingerprint density at radius 2 is 1.93 bits per heavy atom. The van der Waals surface area contributed by atoms with Crippen LogP contribution in [0.25, 0.3) is 0 Å². The number of nitrogens with zero attached hydrogens (tertiary/aromatic N) is 4. The van der Waals surface area contributed by atoms with E-state index in [-0.39, 0.29) is 11.8 Å². The van der Waals surface area contributed by atoms with Crippen molar-refractivity contribution in [3.05, 3.63) is 72.3 Å². The van der Waals surface area contributed by atoms with Crippen molar-refractivity contribution in [3.63, 3.8) is 0 Å². The number of hydrogen-bond acceptors (Lipinski definition) is 4. The standard InChI is InChI=1S/C21H21N5O2/c1-15(26-14-22-13-23-26)21(28)24-18-8-6-16(7-9-18)12-20(27)25-11-10-17-4-2-3-5-19(17)25/h2-9,13-15H,10-12H2,1H3,(H,24,28). The second-order valence-corrected chi connectivity index (χ2v) is 6.84. The van der Waals surface area contributed by atoms with Gasteiger partial charge in [0.15, 0.2) is 0 Å². The number of anilines is 2. The van der Waals surface area contributed by atoms with Crippen LogP contribution in [0, 0.1) is 0 Å². The van der Waals surface area contributed by atoms with Gasteiger partial charge in [-0.2, -0.15) is 5.10 Å². The van der Waals surface area contributed by atoms with E-state index in [4.69, 9.17) is 0 Å². The van der Waals surface area contributed by atoms with Crippen molar-refractivity contribution in [1.82, 2.24) is 14.8 Å². The van der Waals surface area contributed by atoms with Crippen LogP contribution in [0.15, 0.2) is 61.2 Å². The summed E-state index contributed by atoms with van der Waals surface area (Å²) in [7, 11) is 0. The second kappa shape index (κ2) is 7.64. The SMILES string of the molecule is CC(C(=O)Nc1ccc(CC(=O)N2CCc3ccccc32)cc1)n1cncn1. The first kappa shape index (κ1) is 17.9. The highest BCUT2D eigenvalue weighted by atomic mass is 16.2. The van der Waals surface area contributed by atoms with Gasteiger partial charge in [0.05, 0.1) is 6.42 Å². The van der Waals surface area contributed by atoms with Crippen molar-refractivity contribution in [2.75, 3.05) is 16.8 Å². The number of fused-ring (bicyclic) bond motifs is 1. The van der Waals surface area contributed by atoms with E-state index in [1.807, 2.05) is 47.4 Å². The number of hydrogen-bond donors (Lipinski definition) is 1. The summed E-state index contributed by atoms with van der Waals surface area (Å²) in [5, 5.41) is 6.84. The first-order valence-corrected chi connectivity index (χ1v) is 9.24. The average molecular weight is 375 g/mol. The maximum atomic E-state index is 12.7. The van der Waals surface area contributed by atoms with Crippen molar-refractivity contribution in [2.45, 2.75) is 25.8 Å². The molecule has 7 nitrogen and oxygen atoms in total. The molecule has 0 fully saturated rings. The Balaban J connectivity index is 1.37. The Morgan fingerprint density at radius 3 is 2.68 bits per heavy atom. The molecular weight excluding hydrogens is 354 g/mol. The van der Waals surface area contributed by atoms with Crippen LogP contribution in [-0.4, -0.2) is 33.1 Å². The summed E-state index contributed by atoms with van der Waals surface area (Å²) in [6, 6.07) is 14.9. The Labute approximate surface area is 163 Å². The Kier molecular flexibility index (Phi) is 4.89. The zero-order valence-electron chi connectivity index (χ0n) is 15.6. The summed E-state index contributed by atoms with van der Waals surface area (Å²) in [6.07, 6.45) is 4.14. The average Bonchev–Trinajstić information content (AvgIpc) is 3.39. The van der Waals surface area contributed by atoms with E-state index >= 15 is 0 Å². The number of carbonyl (C=O) groups excluding carboxylic acids is 2. The minimum atomic E-state index is -0.459. The van der Waals surface area contributed by atoms with Gasteiger partial charge in [-0.15, -0.1) is 0 Å². The number of carbonyl (C=O) groups is 2. The van der Waals surface area contributed by atoms with E-state index in [0.717, 1.165) is 24.2 Å². The third-order valence-electron chi connectivity index (χ3n) is 4.98. The number of amides is 2. The van der Waals surface area contributed by atoms with Crippen molar-refractivity contribution in [1.29, 1.82) is 0 Å². The topological polar surface area (TPSA) is 80.1 Å². The smallest absolute Gasteiger partial charge is 0.249 e. The summed E-state index contributed by atoms with van der Waals surface area (Å²) < 4.78 is 1.50. The minimum Gasteiger partial charge on any atom is -0.324 e. The molecule has 4 rings (SSSR count). The predicted octanol–water partition coefficient (Wildman–Crippen LogP) is 2.61. The molecule has 1 N–H and O–H groups in total. The van der Waals surface area contributed by atoms with E-state index in [1.165, 1.54) is 22.9 Å². The molecule has 1 atom stereocenters. The van der Waals surface area contributed by atoms with Crippen LogP contribution >= 0.6 is 0 Å². The van der Waals surface area contributed by atoms with E-state index < -0.39 is 6.04 Å². The molecule has 28 heavy (non-hydrogen) atoms. The molecule has 0 radical (unpaired) electrons. The third kappa shape index (κ3) is 3.64. The molecular formula is C21H21N5O2. The summed E-state index contributed by atoms with van der Waals surface area (Å²) in [5.41, 5.74) is 3.82. The molecule has 2 heterocycles. The monoisotopic (exact) mass is 375 g/mol. The summed E-state index contributed by atoms with van der Waals surface area (Å²) in [4.78, 5) is 30.7. The molecule has 0 bridgehead atoms. The Bertz CT molecular complexity index is 982. The molecule has 7 heteroatoms. The lowest BCUT2D eigenvalue weighted by molar-refractivity contribution is -0.119. The van der Waals surface area contributed by atoms with Crippen LogP contribution in [0.2, 0.25) is 0 Å². The van der Waals surface area contributed by atoms with E-state index in [0.29, 0.717) is 12.1 Å². The fourth-order valence-electron chi connectivity index (χ4n) is 3.36. The van der Waals surface area contributed by atoms with Crippen LogP contribution in [0.5, 0.6) is 0 Å². The summed E-state index contributed by atoms with van der Waals surface area (Å²) in [5.74, 6) is -0.0930. The molecule has 2 amide bonds. The third-order valence-corrected chi connectivity index (χ3v) is 4.98. The highest BCUT2D eigenvalue weighted by Gasteiger charge is 2.24. The van der Waals surface area contributed by atoms with Crippen LogP contribution in [0.1, 0.15) is 24.1 Å². The molecule has 0 aliphatic carbocycles. The van der Waals surface area contributed by atoms with Gasteiger partial charge in [-0.3, -0.25) is 9.59 Å². The largest absolute Gasteiger partial charge is 0.324 e. The van der Waals surface area contributed by atoms with Crippen LogP contribution in [-0.2, 0) is 22.4 Å². The minimum absolute atomic E-state index is 0.0848. The Hall–Kier alpha value is -3.48. The van der Waals surface area contributed by atoms with Crippen LogP contribution in [0.4, 0.5) is 11.4 Å². The molecule has 0 spiro atoms. The van der Waals surface area contributed by atoms with Gasteiger partial charge in [-0.25, -0.2) is 9.67 Å². The van der Waals surface area contributed by atoms with Crippen molar-refractivity contribution < 1.29 is 9.59 Å². The fraction of sp³-hybridized carbons (Fsp3) is 0.238. The quantitative estimate of drug-likeness (QED) is 0.743. The molecule has 3 aromatic rings. The fourth-order valence-corrected chi connectivity index (χ4v) is 3.36. The lowest BCUT2D eigenvalue weighted by Crippen LogP contribution is -2.30. The molecule has 2 aromatic carbocycles. The highest BCUT2D eigenvalue weighted by molar-refractivity contribution is 5.97. The van der Waals surface area contributed by atoms with Gasteiger partial charge < -0.3 is 10.2 Å². The maximum absolute atomic E-state index is 12.7. The second-order valence-electron chi connectivity index (χ2n) is 6.84.